The first-order chi connectivity index (χ1) is 13.9. The lowest BCUT2D eigenvalue weighted by Crippen LogP contribution is -2.35. The maximum atomic E-state index is 12.9. The van der Waals surface area contributed by atoms with Crippen LogP contribution in [0.3, 0.4) is 0 Å². The van der Waals surface area contributed by atoms with E-state index in [2.05, 4.69) is 10.3 Å². The molecule has 148 valence electrons. The Kier molecular flexibility index (Phi) is 5.31. The van der Waals surface area contributed by atoms with E-state index in [0.29, 0.717) is 29.5 Å². The van der Waals surface area contributed by atoms with Gasteiger partial charge < -0.3 is 4.90 Å². The summed E-state index contributed by atoms with van der Waals surface area (Å²) in [5, 5.41) is 16.3. The second kappa shape index (κ2) is 7.90. The fraction of sp³-hybridized carbons (Fsp3) is 0.167. The van der Waals surface area contributed by atoms with Crippen molar-refractivity contribution >= 4 is 56.9 Å². The molecule has 11 heteroatoms. The number of nitro benzene ring substituents is 1. The second-order valence-corrected chi connectivity index (χ2v) is 8.66. The molecule has 2 amide bonds. The summed E-state index contributed by atoms with van der Waals surface area (Å²) in [6.45, 7) is 0.715. The lowest BCUT2D eigenvalue weighted by molar-refractivity contribution is -0.384. The third-order valence-corrected chi connectivity index (χ3v) is 6.57. The zero-order chi connectivity index (χ0) is 20.5. The Balaban J connectivity index is 1.51. The van der Waals surface area contributed by atoms with Gasteiger partial charge in [0.1, 0.15) is 0 Å². The highest BCUT2D eigenvalue weighted by Gasteiger charge is 2.27. The number of fused-ring (bicyclic) bond motifs is 1. The Morgan fingerprint density at radius 2 is 2.14 bits per heavy atom. The van der Waals surface area contributed by atoms with Gasteiger partial charge in [0.2, 0.25) is 0 Å². The number of anilines is 1. The van der Waals surface area contributed by atoms with Crippen molar-refractivity contribution in [3.63, 3.8) is 0 Å². The van der Waals surface area contributed by atoms with Crippen molar-refractivity contribution in [3.05, 3.63) is 71.9 Å². The Morgan fingerprint density at radius 1 is 1.31 bits per heavy atom. The topological polar surface area (TPSA) is 105 Å². The third kappa shape index (κ3) is 4.00. The quantitative estimate of drug-likeness (QED) is 0.475. The summed E-state index contributed by atoms with van der Waals surface area (Å²) >= 11 is 8.76. The number of carbonyl (C=O) groups excluding carboxylic acids is 2. The first-order valence-corrected chi connectivity index (χ1v) is 10.6. The zero-order valence-corrected chi connectivity index (χ0v) is 17.1. The van der Waals surface area contributed by atoms with E-state index in [4.69, 9.17) is 11.6 Å². The fourth-order valence-electron chi connectivity index (χ4n) is 2.95. The van der Waals surface area contributed by atoms with E-state index >= 15 is 0 Å². The van der Waals surface area contributed by atoms with Crippen molar-refractivity contribution in [2.75, 3.05) is 11.9 Å². The molecule has 3 heterocycles. The van der Waals surface area contributed by atoms with Crippen molar-refractivity contribution in [1.29, 1.82) is 0 Å². The van der Waals surface area contributed by atoms with E-state index in [0.717, 1.165) is 10.6 Å². The molecule has 0 bridgehead atoms. The van der Waals surface area contributed by atoms with Crippen LogP contribution in [0.15, 0.2) is 35.7 Å². The van der Waals surface area contributed by atoms with Crippen LogP contribution in [-0.4, -0.2) is 33.2 Å². The molecular formula is C18H13ClN4O4S2. The van der Waals surface area contributed by atoms with E-state index in [1.54, 1.807) is 17.0 Å². The molecule has 0 saturated carbocycles. The van der Waals surface area contributed by atoms with Gasteiger partial charge in [-0.25, -0.2) is 4.98 Å². The summed E-state index contributed by atoms with van der Waals surface area (Å²) in [5.41, 5.74) is 0.748. The lowest BCUT2D eigenvalue weighted by atomic mass is 10.1. The molecule has 1 aromatic carbocycles. The minimum absolute atomic E-state index is 0.0973. The molecule has 3 aromatic rings. The summed E-state index contributed by atoms with van der Waals surface area (Å²) in [5.74, 6) is -0.593. The van der Waals surface area contributed by atoms with E-state index in [9.17, 15) is 19.7 Å². The highest BCUT2D eigenvalue weighted by Crippen LogP contribution is 2.31. The number of nitro groups is 1. The van der Waals surface area contributed by atoms with Gasteiger partial charge >= 0.3 is 0 Å². The molecule has 0 fully saturated rings. The Bertz CT molecular complexity index is 1110. The van der Waals surface area contributed by atoms with Gasteiger partial charge in [0.05, 0.1) is 32.6 Å². The van der Waals surface area contributed by atoms with Gasteiger partial charge in [-0.15, -0.1) is 11.3 Å². The summed E-state index contributed by atoms with van der Waals surface area (Å²) in [6.07, 6.45) is 0.527. The smallest absolute Gasteiger partial charge is 0.270 e. The molecule has 0 saturated heterocycles. The van der Waals surface area contributed by atoms with Crippen molar-refractivity contribution < 1.29 is 14.5 Å². The van der Waals surface area contributed by atoms with Gasteiger partial charge in [0.15, 0.2) is 5.13 Å². The van der Waals surface area contributed by atoms with Gasteiger partial charge in [-0.2, -0.15) is 0 Å². The summed E-state index contributed by atoms with van der Waals surface area (Å²) < 4.78 is 0. The number of halogens is 1. The lowest BCUT2D eigenvalue weighted by Gasteiger charge is -2.26. The number of aromatic nitrogens is 1. The molecule has 0 atom stereocenters. The number of rotatable bonds is 4. The molecular weight excluding hydrogens is 436 g/mol. The van der Waals surface area contributed by atoms with E-state index in [1.807, 2.05) is 5.38 Å². The Labute approximate surface area is 177 Å². The van der Waals surface area contributed by atoms with Crippen LogP contribution in [0.25, 0.3) is 0 Å². The van der Waals surface area contributed by atoms with E-state index < -0.39 is 4.92 Å². The van der Waals surface area contributed by atoms with Gasteiger partial charge in [0.25, 0.3) is 17.5 Å². The van der Waals surface area contributed by atoms with Crippen LogP contribution in [0.5, 0.6) is 0 Å². The fourth-order valence-corrected chi connectivity index (χ4v) is 4.79. The SMILES string of the molecule is O=C(Nc1nc2c(s1)CN(C(=O)c1cc([N+](=O)[O-])ccc1Cl)CC2)c1cccs1. The van der Waals surface area contributed by atoms with Gasteiger partial charge in [-0.05, 0) is 17.5 Å². The molecule has 2 aromatic heterocycles. The number of thiophene rings is 1. The van der Waals surface area contributed by atoms with Crippen LogP contribution in [0.1, 0.15) is 30.6 Å². The summed E-state index contributed by atoms with van der Waals surface area (Å²) in [6, 6.07) is 7.34. The van der Waals surface area contributed by atoms with Crippen LogP contribution >= 0.6 is 34.3 Å². The molecule has 0 unspecified atom stereocenters. The van der Waals surface area contributed by atoms with Crippen LogP contribution in [0.4, 0.5) is 10.8 Å². The number of hydrogen-bond donors (Lipinski definition) is 1. The van der Waals surface area contributed by atoms with E-state index in [1.165, 1.54) is 40.9 Å². The van der Waals surface area contributed by atoms with Crippen molar-refractivity contribution in [2.24, 2.45) is 0 Å². The van der Waals surface area contributed by atoms with Gasteiger partial charge in [0, 0.05) is 30.0 Å². The Morgan fingerprint density at radius 3 is 2.86 bits per heavy atom. The van der Waals surface area contributed by atoms with Crippen molar-refractivity contribution in [2.45, 2.75) is 13.0 Å². The minimum Gasteiger partial charge on any atom is -0.333 e. The van der Waals surface area contributed by atoms with Crippen molar-refractivity contribution in [3.8, 4) is 0 Å². The largest absolute Gasteiger partial charge is 0.333 e. The average Bonchev–Trinajstić information content (AvgIpc) is 3.36. The predicted molar refractivity (Wildman–Crippen MR) is 111 cm³/mol. The highest BCUT2D eigenvalue weighted by atomic mass is 35.5. The van der Waals surface area contributed by atoms with E-state index in [-0.39, 0.29) is 28.1 Å². The number of non-ortho nitro benzene ring substituents is 1. The number of hydrogen-bond acceptors (Lipinski definition) is 7. The monoisotopic (exact) mass is 448 g/mol. The maximum absolute atomic E-state index is 12.9. The second-order valence-electron chi connectivity index (χ2n) is 6.22. The number of nitrogens with zero attached hydrogens (tertiary/aromatic N) is 3. The zero-order valence-electron chi connectivity index (χ0n) is 14.8. The molecule has 1 aliphatic heterocycles. The average molecular weight is 449 g/mol. The minimum atomic E-state index is -0.562. The van der Waals surface area contributed by atoms with Crippen LogP contribution < -0.4 is 5.32 Å². The number of amides is 2. The molecule has 8 nitrogen and oxygen atoms in total. The molecule has 4 rings (SSSR count). The van der Waals surface area contributed by atoms with Crippen LogP contribution in [0.2, 0.25) is 5.02 Å². The normalized spacial score (nSPS) is 13.1. The molecule has 1 aliphatic rings. The number of benzene rings is 1. The van der Waals surface area contributed by atoms with Gasteiger partial charge in [-0.1, -0.05) is 29.0 Å². The van der Waals surface area contributed by atoms with Gasteiger partial charge in [-0.3, -0.25) is 25.0 Å². The number of nitrogens with one attached hydrogen (secondary N) is 1. The molecule has 29 heavy (non-hydrogen) atoms. The number of carbonyl (C=O) groups is 2. The first kappa shape index (κ1) is 19.5. The third-order valence-electron chi connectivity index (χ3n) is 4.38. The summed E-state index contributed by atoms with van der Waals surface area (Å²) in [7, 11) is 0. The Hall–Kier alpha value is -2.82. The molecule has 0 aliphatic carbocycles. The first-order valence-electron chi connectivity index (χ1n) is 8.49. The van der Waals surface area contributed by atoms with Crippen LogP contribution in [0, 0.1) is 10.1 Å². The van der Waals surface area contributed by atoms with Crippen molar-refractivity contribution in [1.82, 2.24) is 9.88 Å². The standard InChI is InChI=1S/C18H13ClN4O4S2/c19-12-4-3-10(23(26)27)8-11(12)17(25)22-6-5-13-15(9-22)29-18(20-13)21-16(24)14-2-1-7-28-14/h1-4,7-8H,5-6,9H2,(H,20,21,24). The summed E-state index contributed by atoms with van der Waals surface area (Å²) in [4.78, 5) is 43.0. The van der Waals surface area contributed by atoms with Crippen LogP contribution in [-0.2, 0) is 13.0 Å². The maximum Gasteiger partial charge on any atom is 0.270 e. The number of thiazole rings is 1. The predicted octanol–water partition coefficient (Wildman–Crippen LogP) is 4.22. The molecule has 1 N–H and O–H groups in total. The molecule has 0 radical (unpaired) electrons. The molecule has 0 spiro atoms. The highest BCUT2D eigenvalue weighted by molar-refractivity contribution is 7.16.